The summed E-state index contributed by atoms with van der Waals surface area (Å²) in [5.74, 6) is 2.23. The van der Waals surface area contributed by atoms with Crippen molar-refractivity contribution in [3.05, 3.63) is 82.5 Å². The van der Waals surface area contributed by atoms with Crippen LogP contribution in [0, 0.1) is 23.7 Å². The SMILES string of the molecule is CC1=CC=C(CCC(=O)C2C=C3C(CC4=CC=CC4)CCCC3C2C2=CC=CC2)C1. The minimum Gasteiger partial charge on any atom is -0.299 e. The molecule has 0 heterocycles. The Labute approximate surface area is 181 Å². The molecule has 0 radical (unpaired) electrons. The molecular formula is C29H34O. The quantitative estimate of drug-likeness (QED) is 0.409. The van der Waals surface area contributed by atoms with Gasteiger partial charge in [0.1, 0.15) is 5.78 Å². The molecular weight excluding hydrogens is 364 g/mol. The van der Waals surface area contributed by atoms with Gasteiger partial charge in [-0.05, 0) is 63.7 Å². The van der Waals surface area contributed by atoms with E-state index in [1.165, 1.54) is 42.4 Å². The predicted octanol–water partition coefficient (Wildman–Crippen LogP) is 7.36. The van der Waals surface area contributed by atoms with E-state index in [2.05, 4.69) is 61.6 Å². The molecule has 0 aromatic heterocycles. The highest BCUT2D eigenvalue weighted by Gasteiger charge is 2.45. The van der Waals surface area contributed by atoms with E-state index in [1.807, 2.05) is 0 Å². The summed E-state index contributed by atoms with van der Waals surface area (Å²) < 4.78 is 0. The number of ketones is 1. The molecule has 4 atom stereocenters. The summed E-state index contributed by atoms with van der Waals surface area (Å²) in [6.45, 7) is 2.18. The van der Waals surface area contributed by atoms with Crippen molar-refractivity contribution in [3.63, 3.8) is 0 Å². The second-order valence-corrected chi connectivity index (χ2v) is 9.97. The molecule has 1 saturated carbocycles. The average molecular weight is 399 g/mol. The first-order chi connectivity index (χ1) is 14.7. The Bertz CT molecular complexity index is 929. The lowest BCUT2D eigenvalue weighted by atomic mass is 9.69. The van der Waals surface area contributed by atoms with Crippen LogP contribution in [-0.4, -0.2) is 5.78 Å². The van der Waals surface area contributed by atoms with Crippen molar-refractivity contribution in [3.8, 4) is 0 Å². The fraction of sp³-hybridized carbons (Fsp3) is 0.483. The summed E-state index contributed by atoms with van der Waals surface area (Å²) in [5.41, 5.74) is 7.56. The Kier molecular flexibility index (Phi) is 5.63. The van der Waals surface area contributed by atoms with Crippen LogP contribution in [0.5, 0.6) is 0 Å². The lowest BCUT2D eigenvalue weighted by Gasteiger charge is -2.35. The normalized spacial score (nSPS) is 32.0. The Hall–Kier alpha value is -2.15. The summed E-state index contributed by atoms with van der Waals surface area (Å²) in [6, 6.07) is 0. The van der Waals surface area contributed by atoms with Crippen molar-refractivity contribution in [2.24, 2.45) is 23.7 Å². The number of Topliss-reactive ketones (excluding diaryl/α,β-unsaturated/α-hetero) is 1. The van der Waals surface area contributed by atoms with Gasteiger partial charge in [-0.2, -0.15) is 0 Å². The van der Waals surface area contributed by atoms with Crippen LogP contribution in [0.3, 0.4) is 0 Å². The van der Waals surface area contributed by atoms with Gasteiger partial charge >= 0.3 is 0 Å². The van der Waals surface area contributed by atoms with Gasteiger partial charge in [-0.3, -0.25) is 4.79 Å². The fourth-order valence-corrected chi connectivity index (χ4v) is 6.46. The largest absolute Gasteiger partial charge is 0.299 e. The molecule has 5 aliphatic carbocycles. The van der Waals surface area contributed by atoms with Crippen LogP contribution in [0.4, 0.5) is 0 Å². The molecule has 0 N–H and O–H groups in total. The number of hydrogen-bond donors (Lipinski definition) is 0. The summed E-state index contributed by atoms with van der Waals surface area (Å²) in [6.07, 6.45) is 30.4. The maximum Gasteiger partial charge on any atom is 0.140 e. The van der Waals surface area contributed by atoms with E-state index < -0.39 is 0 Å². The summed E-state index contributed by atoms with van der Waals surface area (Å²) >= 11 is 0. The van der Waals surface area contributed by atoms with Crippen molar-refractivity contribution in [1.82, 2.24) is 0 Å². The van der Waals surface area contributed by atoms with Gasteiger partial charge in [-0.15, -0.1) is 0 Å². The third-order valence-electron chi connectivity index (χ3n) is 7.92. The van der Waals surface area contributed by atoms with Crippen LogP contribution in [0.15, 0.2) is 82.5 Å². The van der Waals surface area contributed by atoms with Crippen molar-refractivity contribution in [2.75, 3.05) is 0 Å². The molecule has 0 aromatic carbocycles. The van der Waals surface area contributed by atoms with E-state index >= 15 is 0 Å². The van der Waals surface area contributed by atoms with Gasteiger partial charge < -0.3 is 0 Å². The van der Waals surface area contributed by atoms with E-state index in [0.717, 1.165) is 25.7 Å². The van der Waals surface area contributed by atoms with Crippen LogP contribution in [0.1, 0.15) is 64.7 Å². The molecule has 4 unspecified atom stereocenters. The zero-order chi connectivity index (χ0) is 20.5. The summed E-state index contributed by atoms with van der Waals surface area (Å²) in [7, 11) is 0. The Morgan fingerprint density at radius 1 is 1.00 bits per heavy atom. The van der Waals surface area contributed by atoms with Gasteiger partial charge in [0.15, 0.2) is 0 Å². The summed E-state index contributed by atoms with van der Waals surface area (Å²) in [5, 5.41) is 0. The van der Waals surface area contributed by atoms with E-state index in [1.54, 1.807) is 11.1 Å². The highest BCUT2D eigenvalue weighted by molar-refractivity contribution is 5.84. The van der Waals surface area contributed by atoms with Crippen molar-refractivity contribution >= 4 is 5.78 Å². The number of carbonyl (C=O) groups excluding carboxylic acids is 1. The summed E-state index contributed by atoms with van der Waals surface area (Å²) in [4.78, 5) is 13.5. The molecule has 1 heteroatoms. The van der Waals surface area contributed by atoms with E-state index in [9.17, 15) is 4.79 Å². The first-order valence-corrected chi connectivity index (χ1v) is 12.0. The molecule has 1 fully saturated rings. The second-order valence-electron chi connectivity index (χ2n) is 9.97. The Morgan fingerprint density at radius 2 is 1.87 bits per heavy atom. The molecule has 0 aromatic rings. The third kappa shape index (κ3) is 3.92. The molecule has 1 nitrogen and oxygen atoms in total. The van der Waals surface area contributed by atoms with Gasteiger partial charge in [0, 0.05) is 18.3 Å². The number of fused-ring (bicyclic) bond motifs is 1. The molecule has 5 rings (SSSR count). The van der Waals surface area contributed by atoms with E-state index in [-0.39, 0.29) is 5.92 Å². The minimum absolute atomic E-state index is 0.100. The maximum atomic E-state index is 13.5. The number of allylic oxidation sites excluding steroid dienone is 14. The number of carbonyl (C=O) groups is 1. The van der Waals surface area contributed by atoms with Gasteiger partial charge in [-0.1, -0.05) is 89.0 Å². The molecule has 0 aliphatic heterocycles. The maximum absolute atomic E-state index is 13.5. The topological polar surface area (TPSA) is 17.1 Å². The van der Waals surface area contributed by atoms with Crippen LogP contribution in [-0.2, 0) is 4.79 Å². The van der Waals surface area contributed by atoms with Crippen molar-refractivity contribution in [1.29, 1.82) is 0 Å². The molecule has 5 aliphatic rings. The van der Waals surface area contributed by atoms with Gasteiger partial charge in [0.05, 0.1) is 0 Å². The van der Waals surface area contributed by atoms with E-state index in [0.29, 0.717) is 30.0 Å². The molecule has 0 bridgehead atoms. The van der Waals surface area contributed by atoms with Crippen molar-refractivity contribution in [2.45, 2.75) is 64.7 Å². The fourth-order valence-electron chi connectivity index (χ4n) is 6.46. The monoisotopic (exact) mass is 398 g/mol. The minimum atomic E-state index is 0.100. The first kappa shape index (κ1) is 19.8. The van der Waals surface area contributed by atoms with Crippen LogP contribution < -0.4 is 0 Å². The van der Waals surface area contributed by atoms with Gasteiger partial charge in [0.2, 0.25) is 0 Å². The van der Waals surface area contributed by atoms with Crippen molar-refractivity contribution < 1.29 is 4.79 Å². The molecule has 0 saturated heterocycles. The lowest BCUT2D eigenvalue weighted by Crippen LogP contribution is -2.28. The first-order valence-electron chi connectivity index (χ1n) is 12.0. The van der Waals surface area contributed by atoms with Crippen LogP contribution >= 0.6 is 0 Å². The zero-order valence-electron chi connectivity index (χ0n) is 18.3. The highest BCUT2D eigenvalue weighted by atomic mass is 16.1. The molecule has 156 valence electrons. The Morgan fingerprint density at radius 3 is 2.60 bits per heavy atom. The zero-order valence-corrected chi connectivity index (χ0v) is 18.3. The highest BCUT2D eigenvalue weighted by Crippen LogP contribution is 2.53. The standard InChI is InChI=1S/C29H34O/c1-20-13-14-22(17-20)15-16-28(30)27-19-26-24(18-21-7-2-3-8-21)11-6-12-25(26)29(27)23-9-4-5-10-23/h2-5,7,9,13-14,19,24-25,27,29H,6,8,10-12,15-18H2,1H3. The number of rotatable bonds is 7. The van der Waals surface area contributed by atoms with Gasteiger partial charge in [0.25, 0.3) is 0 Å². The third-order valence-corrected chi connectivity index (χ3v) is 7.92. The molecule has 0 spiro atoms. The lowest BCUT2D eigenvalue weighted by molar-refractivity contribution is -0.122. The Balaban J connectivity index is 1.34. The number of hydrogen-bond acceptors (Lipinski definition) is 1. The molecule has 0 amide bonds. The predicted molar refractivity (Wildman–Crippen MR) is 125 cm³/mol. The van der Waals surface area contributed by atoms with Gasteiger partial charge in [-0.25, -0.2) is 0 Å². The molecule has 30 heavy (non-hydrogen) atoms. The van der Waals surface area contributed by atoms with E-state index in [4.69, 9.17) is 0 Å². The van der Waals surface area contributed by atoms with Crippen LogP contribution in [0.2, 0.25) is 0 Å². The van der Waals surface area contributed by atoms with Crippen LogP contribution in [0.25, 0.3) is 0 Å². The average Bonchev–Trinajstić information content (AvgIpc) is 3.52. The smallest absolute Gasteiger partial charge is 0.140 e. The second kappa shape index (κ2) is 8.53.